The zero-order valence-electron chi connectivity index (χ0n) is 11.0. The minimum absolute atomic E-state index is 0.525. The summed E-state index contributed by atoms with van der Waals surface area (Å²) in [5, 5.41) is 4.08. The summed E-state index contributed by atoms with van der Waals surface area (Å²) < 4.78 is 0. The molecule has 0 bridgehead atoms. The van der Waals surface area contributed by atoms with Crippen molar-refractivity contribution in [3.63, 3.8) is 0 Å². The molecule has 1 aromatic rings. The summed E-state index contributed by atoms with van der Waals surface area (Å²) in [6, 6.07) is 4.42. The first-order valence-corrected chi connectivity index (χ1v) is 6.70. The highest BCUT2D eigenvalue weighted by molar-refractivity contribution is 7.80. The van der Waals surface area contributed by atoms with Gasteiger partial charge in [-0.1, -0.05) is 0 Å². The number of hydrogen-bond acceptors (Lipinski definition) is 3. The highest BCUT2D eigenvalue weighted by Crippen LogP contribution is 2.19. The van der Waals surface area contributed by atoms with Crippen molar-refractivity contribution in [2.24, 2.45) is 0 Å². The fourth-order valence-corrected chi connectivity index (χ4v) is 2.70. The third-order valence-electron chi connectivity index (χ3n) is 3.13. The van der Waals surface area contributed by atoms with Crippen LogP contribution in [0, 0.1) is 0 Å². The van der Waals surface area contributed by atoms with Crippen LogP contribution in [0.4, 0.5) is 5.69 Å². The molecule has 5 heteroatoms. The number of rotatable bonds is 3. The third kappa shape index (κ3) is 3.40. The van der Waals surface area contributed by atoms with Gasteiger partial charge in [-0.2, -0.15) is 0 Å². The SMILES string of the molecule is CN(C)CC1CCCN1C(=S)Nc1cccnc1. The van der Waals surface area contributed by atoms with Crippen LogP contribution in [0.2, 0.25) is 0 Å². The Hall–Kier alpha value is -1.20. The van der Waals surface area contributed by atoms with Gasteiger partial charge >= 0.3 is 0 Å². The van der Waals surface area contributed by atoms with Crippen LogP contribution in [0.1, 0.15) is 12.8 Å². The molecule has 0 saturated carbocycles. The lowest BCUT2D eigenvalue weighted by Crippen LogP contribution is -2.43. The summed E-state index contributed by atoms with van der Waals surface area (Å²) in [4.78, 5) is 8.59. The second-order valence-corrected chi connectivity index (χ2v) is 5.31. The van der Waals surface area contributed by atoms with E-state index < -0.39 is 0 Å². The maximum absolute atomic E-state index is 5.49. The van der Waals surface area contributed by atoms with E-state index in [1.165, 1.54) is 12.8 Å². The average molecular weight is 264 g/mol. The predicted molar refractivity (Wildman–Crippen MR) is 78.7 cm³/mol. The topological polar surface area (TPSA) is 31.4 Å². The molecular weight excluding hydrogens is 244 g/mol. The van der Waals surface area contributed by atoms with Gasteiger partial charge in [0.25, 0.3) is 0 Å². The van der Waals surface area contributed by atoms with E-state index in [2.05, 4.69) is 34.2 Å². The van der Waals surface area contributed by atoms with Gasteiger partial charge < -0.3 is 15.1 Å². The molecule has 0 amide bonds. The molecule has 0 aromatic carbocycles. The van der Waals surface area contributed by atoms with Gasteiger partial charge in [0.15, 0.2) is 5.11 Å². The van der Waals surface area contributed by atoms with Crippen LogP contribution in [-0.2, 0) is 0 Å². The second kappa shape index (κ2) is 6.11. The van der Waals surface area contributed by atoms with Gasteiger partial charge in [-0.05, 0) is 51.3 Å². The Bertz CT molecular complexity index is 393. The molecule has 2 rings (SSSR count). The summed E-state index contributed by atoms with van der Waals surface area (Å²) in [5.41, 5.74) is 0.956. The Morgan fingerprint density at radius 3 is 3.11 bits per heavy atom. The molecule has 0 spiro atoms. The van der Waals surface area contributed by atoms with E-state index >= 15 is 0 Å². The van der Waals surface area contributed by atoms with E-state index in [9.17, 15) is 0 Å². The number of nitrogens with one attached hydrogen (secondary N) is 1. The number of likely N-dealkylation sites (N-methyl/N-ethyl adjacent to an activating group) is 1. The van der Waals surface area contributed by atoms with Gasteiger partial charge in [-0.25, -0.2) is 0 Å². The Morgan fingerprint density at radius 2 is 2.44 bits per heavy atom. The Morgan fingerprint density at radius 1 is 1.61 bits per heavy atom. The summed E-state index contributed by atoms with van der Waals surface area (Å²) in [5.74, 6) is 0. The molecule has 1 aromatic heterocycles. The third-order valence-corrected chi connectivity index (χ3v) is 3.46. The fourth-order valence-electron chi connectivity index (χ4n) is 2.35. The number of aromatic nitrogens is 1. The number of anilines is 1. The van der Waals surface area contributed by atoms with Crippen LogP contribution in [0.25, 0.3) is 0 Å². The van der Waals surface area contributed by atoms with Crippen LogP contribution in [0.3, 0.4) is 0 Å². The molecule has 1 atom stereocenters. The Labute approximate surface area is 114 Å². The summed E-state index contributed by atoms with van der Waals surface area (Å²) in [6.07, 6.45) is 5.99. The summed E-state index contributed by atoms with van der Waals surface area (Å²) >= 11 is 5.49. The van der Waals surface area contributed by atoms with Gasteiger partial charge in [0.2, 0.25) is 0 Å². The molecule has 0 radical (unpaired) electrons. The zero-order valence-corrected chi connectivity index (χ0v) is 11.8. The lowest BCUT2D eigenvalue weighted by Gasteiger charge is -2.29. The number of pyridine rings is 1. The van der Waals surface area contributed by atoms with Crippen molar-refractivity contribution in [1.29, 1.82) is 0 Å². The molecular formula is C13H20N4S. The lowest BCUT2D eigenvalue weighted by molar-refractivity contribution is 0.288. The quantitative estimate of drug-likeness (QED) is 0.842. The minimum atomic E-state index is 0.525. The van der Waals surface area contributed by atoms with E-state index in [0.717, 1.165) is 23.9 Å². The first kappa shape index (κ1) is 13.2. The number of hydrogen-bond donors (Lipinski definition) is 1. The van der Waals surface area contributed by atoms with Crippen LogP contribution in [-0.4, -0.2) is 53.1 Å². The Balaban J connectivity index is 1.96. The molecule has 1 N–H and O–H groups in total. The van der Waals surface area contributed by atoms with Crippen molar-refractivity contribution in [2.75, 3.05) is 32.5 Å². The standard InChI is InChI=1S/C13H20N4S/c1-16(2)10-12-6-4-8-17(12)13(18)15-11-5-3-7-14-9-11/h3,5,7,9,12H,4,6,8,10H2,1-2H3,(H,15,18). The van der Waals surface area contributed by atoms with Crippen molar-refractivity contribution in [3.8, 4) is 0 Å². The predicted octanol–water partition coefficient (Wildman–Crippen LogP) is 1.80. The maximum atomic E-state index is 5.49. The van der Waals surface area contributed by atoms with Crippen molar-refractivity contribution >= 4 is 23.0 Å². The van der Waals surface area contributed by atoms with Crippen molar-refractivity contribution in [1.82, 2.24) is 14.8 Å². The summed E-state index contributed by atoms with van der Waals surface area (Å²) in [7, 11) is 4.21. The monoisotopic (exact) mass is 264 g/mol. The average Bonchev–Trinajstić information content (AvgIpc) is 2.77. The molecule has 18 heavy (non-hydrogen) atoms. The van der Waals surface area contributed by atoms with Crippen LogP contribution >= 0.6 is 12.2 Å². The van der Waals surface area contributed by atoms with Crippen LogP contribution in [0.15, 0.2) is 24.5 Å². The molecule has 2 heterocycles. The normalized spacial score (nSPS) is 19.3. The van der Waals surface area contributed by atoms with Gasteiger partial charge in [0.05, 0.1) is 11.9 Å². The largest absolute Gasteiger partial charge is 0.345 e. The molecule has 1 fully saturated rings. The van der Waals surface area contributed by atoms with E-state index in [1.807, 2.05) is 12.1 Å². The molecule has 1 saturated heterocycles. The molecule has 4 nitrogen and oxygen atoms in total. The molecule has 1 unspecified atom stereocenters. The number of nitrogens with zero attached hydrogens (tertiary/aromatic N) is 3. The van der Waals surface area contributed by atoms with Gasteiger partial charge in [0, 0.05) is 25.3 Å². The molecule has 1 aliphatic heterocycles. The molecule has 0 aliphatic carbocycles. The smallest absolute Gasteiger partial charge is 0.173 e. The van der Waals surface area contributed by atoms with Crippen molar-refractivity contribution in [2.45, 2.75) is 18.9 Å². The van der Waals surface area contributed by atoms with Gasteiger partial charge in [-0.3, -0.25) is 4.98 Å². The molecule has 98 valence electrons. The van der Waals surface area contributed by atoms with Gasteiger partial charge in [0.1, 0.15) is 0 Å². The highest BCUT2D eigenvalue weighted by atomic mass is 32.1. The van der Waals surface area contributed by atoms with Crippen LogP contribution < -0.4 is 5.32 Å². The Kier molecular flexibility index (Phi) is 4.49. The fraction of sp³-hybridized carbons (Fsp3) is 0.538. The first-order chi connectivity index (χ1) is 8.66. The first-order valence-electron chi connectivity index (χ1n) is 6.29. The van der Waals surface area contributed by atoms with Gasteiger partial charge in [-0.15, -0.1) is 0 Å². The van der Waals surface area contributed by atoms with E-state index in [0.29, 0.717) is 6.04 Å². The van der Waals surface area contributed by atoms with E-state index in [-0.39, 0.29) is 0 Å². The maximum Gasteiger partial charge on any atom is 0.173 e. The minimum Gasteiger partial charge on any atom is -0.345 e. The van der Waals surface area contributed by atoms with E-state index in [4.69, 9.17) is 12.2 Å². The number of likely N-dealkylation sites (tertiary alicyclic amines) is 1. The van der Waals surface area contributed by atoms with Crippen LogP contribution in [0.5, 0.6) is 0 Å². The highest BCUT2D eigenvalue weighted by Gasteiger charge is 2.26. The summed E-state index contributed by atoms with van der Waals surface area (Å²) in [6.45, 7) is 2.10. The van der Waals surface area contributed by atoms with E-state index in [1.54, 1.807) is 12.4 Å². The molecule has 1 aliphatic rings. The number of thiocarbonyl (C=S) groups is 1. The lowest BCUT2D eigenvalue weighted by atomic mass is 10.2. The zero-order chi connectivity index (χ0) is 13.0. The van der Waals surface area contributed by atoms with Crippen molar-refractivity contribution < 1.29 is 0 Å². The van der Waals surface area contributed by atoms with Crippen molar-refractivity contribution in [3.05, 3.63) is 24.5 Å². The second-order valence-electron chi connectivity index (χ2n) is 4.92.